The summed E-state index contributed by atoms with van der Waals surface area (Å²) in [6, 6.07) is 5.48. The summed E-state index contributed by atoms with van der Waals surface area (Å²) >= 11 is 0. The largest absolute Gasteiger partial charge is 0.486 e. The zero-order valence-electron chi connectivity index (χ0n) is 14.6. The second-order valence-electron chi connectivity index (χ2n) is 6.68. The molecule has 0 bridgehead atoms. The number of nitrogens with two attached hydrogens (primary N) is 1. The third-order valence-corrected chi connectivity index (χ3v) is 4.89. The molecule has 2 aromatic rings. The van der Waals surface area contributed by atoms with E-state index < -0.39 is 0 Å². The molecule has 0 aliphatic carbocycles. The molecule has 2 aliphatic rings. The molecule has 2 aliphatic heterocycles. The Morgan fingerprint density at radius 2 is 2.08 bits per heavy atom. The molecule has 2 N–H and O–H groups in total. The number of para-hydroxylation sites is 1. The van der Waals surface area contributed by atoms with Gasteiger partial charge in [0.2, 0.25) is 0 Å². The highest BCUT2D eigenvalue weighted by Gasteiger charge is 2.29. The van der Waals surface area contributed by atoms with E-state index in [9.17, 15) is 4.79 Å². The van der Waals surface area contributed by atoms with Crippen molar-refractivity contribution in [2.75, 3.05) is 32.0 Å². The number of benzene rings is 1. The van der Waals surface area contributed by atoms with Gasteiger partial charge < -0.3 is 20.1 Å². The van der Waals surface area contributed by atoms with Gasteiger partial charge in [0.05, 0.1) is 11.3 Å². The first-order valence-corrected chi connectivity index (χ1v) is 8.95. The fraction of sp³-hybridized carbons (Fsp3) is 0.421. The van der Waals surface area contributed by atoms with Crippen molar-refractivity contribution in [1.82, 2.24) is 14.9 Å². The number of likely N-dealkylation sites (tertiary alicyclic amines) is 1. The Hall–Kier alpha value is -2.83. The fourth-order valence-electron chi connectivity index (χ4n) is 3.64. The van der Waals surface area contributed by atoms with Crippen molar-refractivity contribution >= 4 is 11.7 Å². The summed E-state index contributed by atoms with van der Waals surface area (Å²) in [7, 11) is 0. The van der Waals surface area contributed by atoms with E-state index in [0.29, 0.717) is 48.6 Å². The predicted molar refractivity (Wildman–Crippen MR) is 96.2 cm³/mol. The van der Waals surface area contributed by atoms with E-state index in [1.165, 1.54) is 0 Å². The summed E-state index contributed by atoms with van der Waals surface area (Å²) in [6.45, 7) is 2.40. The molecular formula is C19H22N4O3. The lowest BCUT2D eigenvalue weighted by Crippen LogP contribution is -2.41. The lowest BCUT2D eigenvalue weighted by molar-refractivity contribution is 0.0663. The maximum atomic E-state index is 13.1. The second kappa shape index (κ2) is 7.19. The van der Waals surface area contributed by atoms with Crippen LogP contribution in [0.25, 0.3) is 0 Å². The van der Waals surface area contributed by atoms with Crippen LogP contribution in [0.15, 0.2) is 30.6 Å². The van der Waals surface area contributed by atoms with Gasteiger partial charge in [-0.2, -0.15) is 0 Å². The van der Waals surface area contributed by atoms with Crippen molar-refractivity contribution in [1.29, 1.82) is 0 Å². The molecule has 1 amide bonds. The Morgan fingerprint density at radius 3 is 2.96 bits per heavy atom. The molecule has 4 rings (SSSR count). The Labute approximate surface area is 152 Å². The van der Waals surface area contributed by atoms with E-state index in [1.807, 2.05) is 17.0 Å². The quantitative estimate of drug-likeness (QED) is 0.906. The molecule has 0 radical (unpaired) electrons. The molecule has 26 heavy (non-hydrogen) atoms. The molecule has 7 nitrogen and oxygen atoms in total. The number of anilines is 1. The number of hydrogen-bond acceptors (Lipinski definition) is 6. The van der Waals surface area contributed by atoms with Crippen molar-refractivity contribution in [3.8, 4) is 11.5 Å². The minimum atomic E-state index is -0.0100. The van der Waals surface area contributed by atoms with Gasteiger partial charge in [-0.05, 0) is 37.3 Å². The van der Waals surface area contributed by atoms with Crippen LogP contribution in [-0.2, 0) is 6.42 Å². The number of carbonyl (C=O) groups excluding carboxylic acids is 1. The number of nitrogens with zero attached hydrogens (tertiary/aromatic N) is 3. The van der Waals surface area contributed by atoms with Crippen LogP contribution in [0.1, 0.15) is 28.9 Å². The normalized spacial score (nSPS) is 19.2. The molecule has 0 unspecified atom stereocenters. The minimum Gasteiger partial charge on any atom is -0.486 e. The second-order valence-corrected chi connectivity index (χ2v) is 6.68. The van der Waals surface area contributed by atoms with Crippen LogP contribution in [0, 0.1) is 5.92 Å². The molecular weight excluding hydrogens is 332 g/mol. The molecule has 1 saturated heterocycles. The van der Waals surface area contributed by atoms with E-state index in [4.69, 9.17) is 15.2 Å². The lowest BCUT2D eigenvalue weighted by atomic mass is 9.92. The molecule has 1 aromatic carbocycles. The number of hydrogen-bond donors (Lipinski definition) is 1. The number of carbonyl (C=O) groups is 1. The number of ether oxygens (including phenoxy) is 2. The first kappa shape index (κ1) is 16.6. The van der Waals surface area contributed by atoms with E-state index >= 15 is 0 Å². The maximum Gasteiger partial charge on any atom is 0.257 e. The van der Waals surface area contributed by atoms with Crippen LogP contribution in [0.4, 0.5) is 5.82 Å². The first-order chi connectivity index (χ1) is 12.7. The smallest absolute Gasteiger partial charge is 0.257 e. The number of fused-ring (bicyclic) bond motifs is 1. The Kier molecular flexibility index (Phi) is 4.60. The van der Waals surface area contributed by atoms with Gasteiger partial charge in [-0.1, -0.05) is 6.07 Å². The van der Waals surface area contributed by atoms with Crippen LogP contribution >= 0.6 is 0 Å². The van der Waals surface area contributed by atoms with E-state index in [1.54, 1.807) is 18.5 Å². The number of aromatic nitrogens is 2. The lowest BCUT2D eigenvalue weighted by Gasteiger charge is -2.33. The van der Waals surface area contributed by atoms with Gasteiger partial charge in [0.1, 0.15) is 19.0 Å². The van der Waals surface area contributed by atoms with Gasteiger partial charge in [0.15, 0.2) is 11.5 Å². The SMILES string of the molecule is Nc1nccnc1C[C@H]1CCCN(C(=O)c2cccc3c2OCCO3)C1. The highest BCUT2D eigenvalue weighted by atomic mass is 16.6. The highest BCUT2D eigenvalue weighted by Crippen LogP contribution is 2.35. The molecule has 1 atom stereocenters. The maximum absolute atomic E-state index is 13.1. The molecule has 136 valence electrons. The standard InChI is InChI=1S/C19H22N4O3/c20-18-15(21-6-7-22-18)11-13-3-2-8-23(12-13)19(24)14-4-1-5-16-17(14)26-10-9-25-16/h1,4-7,13H,2-3,8-12H2,(H2,20,22)/t13-/m1/s1. The van der Waals surface area contributed by atoms with Gasteiger partial charge in [0, 0.05) is 25.5 Å². The average Bonchev–Trinajstić information content (AvgIpc) is 2.69. The highest BCUT2D eigenvalue weighted by molar-refractivity contribution is 5.98. The summed E-state index contributed by atoms with van der Waals surface area (Å²) in [5.74, 6) is 1.98. The molecule has 1 fully saturated rings. The van der Waals surface area contributed by atoms with Crippen molar-refractivity contribution in [3.05, 3.63) is 41.9 Å². The topological polar surface area (TPSA) is 90.6 Å². The Morgan fingerprint density at radius 1 is 1.23 bits per heavy atom. The van der Waals surface area contributed by atoms with Crippen molar-refractivity contribution < 1.29 is 14.3 Å². The van der Waals surface area contributed by atoms with Crippen LogP contribution < -0.4 is 15.2 Å². The van der Waals surface area contributed by atoms with Gasteiger partial charge in [0.25, 0.3) is 5.91 Å². The first-order valence-electron chi connectivity index (χ1n) is 8.95. The monoisotopic (exact) mass is 354 g/mol. The summed E-state index contributed by atoms with van der Waals surface area (Å²) in [5, 5.41) is 0. The number of rotatable bonds is 3. The van der Waals surface area contributed by atoms with Gasteiger partial charge in [-0.25, -0.2) is 4.98 Å². The average molecular weight is 354 g/mol. The van der Waals surface area contributed by atoms with E-state index in [0.717, 1.165) is 31.5 Å². The van der Waals surface area contributed by atoms with Crippen molar-refractivity contribution in [2.45, 2.75) is 19.3 Å². The summed E-state index contributed by atoms with van der Waals surface area (Å²) in [5.41, 5.74) is 7.29. The summed E-state index contributed by atoms with van der Waals surface area (Å²) in [6.07, 6.45) is 5.99. The number of nitrogen functional groups attached to an aromatic ring is 1. The van der Waals surface area contributed by atoms with Crippen molar-refractivity contribution in [3.63, 3.8) is 0 Å². The minimum absolute atomic E-state index is 0.0100. The number of amides is 1. The molecule has 0 saturated carbocycles. The molecule has 0 spiro atoms. The molecule has 3 heterocycles. The van der Waals surface area contributed by atoms with Gasteiger partial charge in [-0.3, -0.25) is 9.78 Å². The van der Waals surface area contributed by atoms with Gasteiger partial charge in [-0.15, -0.1) is 0 Å². The van der Waals surface area contributed by atoms with Crippen LogP contribution in [0.2, 0.25) is 0 Å². The third kappa shape index (κ3) is 3.29. The van der Waals surface area contributed by atoms with E-state index in [-0.39, 0.29) is 5.91 Å². The van der Waals surface area contributed by atoms with Crippen LogP contribution in [-0.4, -0.2) is 47.1 Å². The third-order valence-electron chi connectivity index (χ3n) is 4.89. The number of piperidine rings is 1. The predicted octanol–water partition coefficient (Wildman–Crippen LogP) is 1.92. The van der Waals surface area contributed by atoms with Crippen LogP contribution in [0.3, 0.4) is 0 Å². The fourth-order valence-corrected chi connectivity index (χ4v) is 3.64. The zero-order valence-corrected chi connectivity index (χ0v) is 14.6. The van der Waals surface area contributed by atoms with Crippen molar-refractivity contribution in [2.24, 2.45) is 5.92 Å². The van der Waals surface area contributed by atoms with E-state index in [2.05, 4.69) is 9.97 Å². The molecule has 7 heteroatoms. The molecule has 1 aromatic heterocycles. The van der Waals surface area contributed by atoms with Crippen LogP contribution in [0.5, 0.6) is 11.5 Å². The Balaban J connectivity index is 1.50. The zero-order chi connectivity index (χ0) is 17.9. The summed E-state index contributed by atoms with van der Waals surface area (Å²) < 4.78 is 11.3. The summed E-state index contributed by atoms with van der Waals surface area (Å²) in [4.78, 5) is 23.4. The Bertz CT molecular complexity index is 811. The van der Waals surface area contributed by atoms with Gasteiger partial charge >= 0.3 is 0 Å².